The van der Waals surface area contributed by atoms with Gasteiger partial charge in [-0.05, 0) is 24.3 Å². The summed E-state index contributed by atoms with van der Waals surface area (Å²) in [6.45, 7) is 0.314. The van der Waals surface area contributed by atoms with Crippen LogP contribution in [0.3, 0.4) is 0 Å². The number of carboxylic acid groups (broad SMARTS) is 1. The van der Waals surface area contributed by atoms with E-state index < -0.39 is 5.97 Å². The zero-order chi connectivity index (χ0) is 13.8. The smallest absolute Gasteiger partial charge is 0.335 e. The third-order valence-corrected chi connectivity index (χ3v) is 3.38. The Morgan fingerprint density at radius 2 is 2.00 bits per heavy atom. The van der Waals surface area contributed by atoms with Gasteiger partial charge in [-0.15, -0.1) is 0 Å². The zero-order valence-corrected chi connectivity index (χ0v) is 11.6. The SMILES string of the molecule is Nc1ccc(C(=O)O)cc1OCc1ccccc1Br. The van der Waals surface area contributed by atoms with Gasteiger partial charge in [0.15, 0.2) is 0 Å². The number of nitrogens with two attached hydrogens (primary N) is 1. The monoisotopic (exact) mass is 321 g/mol. The summed E-state index contributed by atoms with van der Waals surface area (Å²) >= 11 is 3.42. The Hall–Kier alpha value is -2.01. The zero-order valence-electron chi connectivity index (χ0n) is 9.97. The van der Waals surface area contributed by atoms with Crippen LogP contribution < -0.4 is 10.5 Å². The molecule has 0 radical (unpaired) electrons. The van der Waals surface area contributed by atoms with Crippen molar-refractivity contribution in [3.63, 3.8) is 0 Å². The fourth-order valence-electron chi connectivity index (χ4n) is 1.56. The van der Waals surface area contributed by atoms with Gasteiger partial charge in [-0.3, -0.25) is 0 Å². The van der Waals surface area contributed by atoms with Gasteiger partial charge in [0.2, 0.25) is 0 Å². The van der Waals surface area contributed by atoms with Crippen molar-refractivity contribution < 1.29 is 14.6 Å². The number of anilines is 1. The molecule has 0 heterocycles. The Bertz CT molecular complexity index is 613. The quantitative estimate of drug-likeness (QED) is 0.847. The number of carboxylic acids is 1. The van der Waals surface area contributed by atoms with Gasteiger partial charge >= 0.3 is 5.97 Å². The van der Waals surface area contributed by atoms with Crippen LogP contribution in [0.5, 0.6) is 5.75 Å². The molecule has 0 saturated heterocycles. The van der Waals surface area contributed by atoms with E-state index in [4.69, 9.17) is 15.6 Å². The Labute approximate surface area is 118 Å². The topological polar surface area (TPSA) is 72.6 Å². The fourth-order valence-corrected chi connectivity index (χ4v) is 1.96. The number of aromatic carboxylic acids is 1. The summed E-state index contributed by atoms with van der Waals surface area (Å²) in [5.74, 6) is -0.638. The third kappa shape index (κ3) is 3.26. The van der Waals surface area contributed by atoms with E-state index in [2.05, 4.69) is 15.9 Å². The summed E-state index contributed by atoms with van der Waals surface area (Å²) in [4.78, 5) is 10.9. The lowest BCUT2D eigenvalue weighted by molar-refractivity contribution is 0.0696. The van der Waals surface area contributed by atoms with E-state index in [-0.39, 0.29) is 5.56 Å². The van der Waals surface area contributed by atoms with Gasteiger partial charge in [-0.1, -0.05) is 34.1 Å². The third-order valence-electron chi connectivity index (χ3n) is 2.60. The number of rotatable bonds is 4. The van der Waals surface area contributed by atoms with E-state index in [1.807, 2.05) is 24.3 Å². The van der Waals surface area contributed by atoms with Crippen LogP contribution in [0.1, 0.15) is 15.9 Å². The van der Waals surface area contributed by atoms with E-state index in [0.29, 0.717) is 18.0 Å². The fraction of sp³-hybridized carbons (Fsp3) is 0.0714. The van der Waals surface area contributed by atoms with Crippen LogP contribution in [-0.2, 0) is 6.61 Å². The Balaban J connectivity index is 2.17. The van der Waals surface area contributed by atoms with Crippen molar-refractivity contribution in [1.82, 2.24) is 0 Å². The first-order valence-electron chi connectivity index (χ1n) is 5.57. The molecule has 3 N–H and O–H groups in total. The van der Waals surface area contributed by atoms with E-state index in [1.54, 1.807) is 0 Å². The van der Waals surface area contributed by atoms with Gasteiger partial charge in [-0.25, -0.2) is 4.79 Å². The van der Waals surface area contributed by atoms with Gasteiger partial charge in [0.05, 0.1) is 11.3 Å². The number of hydrogen-bond acceptors (Lipinski definition) is 3. The van der Waals surface area contributed by atoms with Gasteiger partial charge < -0.3 is 15.6 Å². The van der Waals surface area contributed by atoms with Gasteiger partial charge in [0.25, 0.3) is 0 Å². The second-order valence-electron chi connectivity index (χ2n) is 3.94. The van der Waals surface area contributed by atoms with Crippen molar-refractivity contribution in [2.24, 2.45) is 0 Å². The number of benzene rings is 2. The van der Waals surface area contributed by atoms with Crippen LogP contribution in [0.25, 0.3) is 0 Å². The van der Waals surface area contributed by atoms with Gasteiger partial charge in [-0.2, -0.15) is 0 Å². The molecule has 0 spiro atoms. The molecule has 19 heavy (non-hydrogen) atoms. The molecule has 0 fully saturated rings. The molecule has 0 aliphatic rings. The molecule has 2 aromatic carbocycles. The van der Waals surface area contributed by atoms with Crippen molar-refractivity contribution in [3.05, 3.63) is 58.1 Å². The highest BCUT2D eigenvalue weighted by atomic mass is 79.9. The molecule has 0 atom stereocenters. The van der Waals surface area contributed by atoms with Crippen LogP contribution >= 0.6 is 15.9 Å². The molecule has 98 valence electrons. The average molecular weight is 322 g/mol. The minimum absolute atomic E-state index is 0.149. The summed E-state index contributed by atoms with van der Waals surface area (Å²) in [6, 6.07) is 12.0. The summed E-state index contributed by atoms with van der Waals surface area (Å²) in [5.41, 5.74) is 7.29. The molecule has 0 amide bonds. The van der Waals surface area contributed by atoms with E-state index >= 15 is 0 Å². The van der Waals surface area contributed by atoms with Crippen LogP contribution in [0.4, 0.5) is 5.69 Å². The molecule has 4 nitrogen and oxygen atoms in total. The summed E-state index contributed by atoms with van der Waals surface area (Å²) in [7, 11) is 0. The predicted octanol–water partition coefficient (Wildman–Crippen LogP) is 3.31. The Morgan fingerprint density at radius 3 is 2.68 bits per heavy atom. The second-order valence-corrected chi connectivity index (χ2v) is 4.79. The van der Waals surface area contributed by atoms with Crippen molar-refractivity contribution >= 4 is 27.6 Å². The first kappa shape index (κ1) is 13.4. The summed E-state index contributed by atoms with van der Waals surface area (Å²) in [6.07, 6.45) is 0. The number of halogens is 1. The van der Waals surface area contributed by atoms with Crippen LogP contribution in [0.2, 0.25) is 0 Å². The molecule has 2 rings (SSSR count). The van der Waals surface area contributed by atoms with Crippen molar-refractivity contribution in [1.29, 1.82) is 0 Å². The molecule has 0 bridgehead atoms. The van der Waals surface area contributed by atoms with Crippen LogP contribution in [0, 0.1) is 0 Å². The maximum Gasteiger partial charge on any atom is 0.335 e. The highest BCUT2D eigenvalue weighted by Gasteiger charge is 2.08. The summed E-state index contributed by atoms with van der Waals surface area (Å²) in [5, 5.41) is 8.93. The maximum absolute atomic E-state index is 10.9. The first-order valence-corrected chi connectivity index (χ1v) is 6.36. The molecule has 0 aromatic heterocycles. The van der Waals surface area contributed by atoms with Gasteiger partial charge in [0.1, 0.15) is 12.4 Å². The van der Waals surface area contributed by atoms with Crippen LogP contribution in [-0.4, -0.2) is 11.1 Å². The summed E-state index contributed by atoms with van der Waals surface area (Å²) < 4.78 is 6.51. The maximum atomic E-state index is 10.9. The average Bonchev–Trinajstić information content (AvgIpc) is 2.39. The Kier molecular flexibility index (Phi) is 4.06. The first-order chi connectivity index (χ1) is 9.08. The second kappa shape index (κ2) is 5.75. The van der Waals surface area contributed by atoms with Gasteiger partial charge in [0, 0.05) is 10.0 Å². The van der Waals surface area contributed by atoms with Crippen molar-refractivity contribution in [3.8, 4) is 5.75 Å². The number of nitrogen functional groups attached to an aromatic ring is 1. The molecular formula is C14H12BrNO3. The minimum atomic E-state index is -1.01. The lowest BCUT2D eigenvalue weighted by Gasteiger charge is -2.10. The molecule has 2 aromatic rings. The lowest BCUT2D eigenvalue weighted by atomic mass is 10.2. The number of carbonyl (C=O) groups is 1. The number of ether oxygens (including phenoxy) is 1. The molecule has 0 aliphatic carbocycles. The van der Waals surface area contributed by atoms with E-state index in [1.165, 1.54) is 18.2 Å². The largest absolute Gasteiger partial charge is 0.487 e. The highest BCUT2D eigenvalue weighted by Crippen LogP contribution is 2.25. The van der Waals surface area contributed by atoms with E-state index in [0.717, 1.165) is 10.0 Å². The van der Waals surface area contributed by atoms with E-state index in [9.17, 15) is 4.79 Å². The van der Waals surface area contributed by atoms with Crippen LogP contribution in [0.15, 0.2) is 46.9 Å². The Morgan fingerprint density at radius 1 is 1.26 bits per heavy atom. The highest BCUT2D eigenvalue weighted by molar-refractivity contribution is 9.10. The lowest BCUT2D eigenvalue weighted by Crippen LogP contribution is -2.02. The molecular weight excluding hydrogens is 310 g/mol. The molecule has 5 heteroatoms. The standard InChI is InChI=1S/C14H12BrNO3/c15-11-4-2-1-3-10(11)8-19-13-7-9(14(17)18)5-6-12(13)16/h1-7H,8,16H2,(H,17,18). The molecule has 0 unspecified atom stereocenters. The van der Waals surface area contributed by atoms with Crippen molar-refractivity contribution in [2.45, 2.75) is 6.61 Å². The minimum Gasteiger partial charge on any atom is -0.487 e. The van der Waals surface area contributed by atoms with Crippen molar-refractivity contribution in [2.75, 3.05) is 5.73 Å². The molecule has 0 aliphatic heterocycles. The normalized spacial score (nSPS) is 10.2. The molecule has 0 saturated carbocycles. The number of hydrogen-bond donors (Lipinski definition) is 2. The predicted molar refractivity (Wildman–Crippen MR) is 76.3 cm³/mol.